The Bertz CT molecular complexity index is 1290. The Morgan fingerprint density at radius 3 is 1.59 bits per heavy atom. The van der Waals surface area contributed by atoms with Crippen molar-refractivity contribution in [3.8, 4) is 0 Å². The lowest BCUT2D eigenvalue weighted by atomic mass is 10.0. The molecule has 5 rings (SSSR count). The molecule has 4 aromatic carbocycles. The van der Waals surface area contributed by atoms with Gasteiger partial charge in [-0.15, -0.1) is 0 Å². The predicted octanol–water partition coefficient (Wildman–Crippen LogP) is 9.37. The van der Waals surface area contributed by atoms with E-state index in [9.17, 15) is 8.78 Å². The first kappa shape index (κ1) is 28.0. The van der Waals surface area contributed by atoms with Crippen LogP contribution in [-0.4, -0.2) is 11.0 Å². The molecule has 1 nitrogen and oxygen atoms in total. The Hall–Kier alpha value is -2.58. The van der Waals surface area contributed by atoms with Crippen molar-refractivity contribution < 1.29 is 17.6 Å². The van der Waals surface area contributed by atoms with Crippen LogP contribution < -0.4 is 10.6 Å². The Morgan fingerprint density at radius 1 is 0.692 bits per heavy atom. The van der Waals surface area contributed by atoms with Gasteiger partial charge in [-0.3, -0.25) is 4.44 Å². The molecule has 0 bridgehead atoms. The van der Waals surface area contributed by atoms with Crippen LogP contribution in [0.4, 0.5) is 17.6 Å². The maximum Gasteiger partial charge on any atom is 0.132 e. The van der Waals surface area contributed by atoms with Gasteiger partial charge in [0.25, 0.3) is 0 Å². The van der Waals surface area contributed by atoms with E-state index < -0.39 is 39.4 Å². The van der Waals surface area contributed by atoms with Crippen molar-refractivity contribution in [1.29, 1.82) is 0 Å². The molecule has 3 atom stereocenters. The molecular formula is C32H31F4NP2. The van der Waals surface area contributed by atoms with Crippen LogP contribution in [0.3, 0.4) is 0 Å². The molecule has 2 unspecified atom stereocenters. The molecule has 4 aromatic rings. The molecule has 0 saturated carbocycles. The van der Waals surface area contributed by atoms with E-state index >= 15 is 8.78 Å². The second kappa shape index (κ2) is 12.7. The van der Waals surface area contributed by atoms with E-state index in [-0.39, 0.29) is 21.9 Å². The van der Waals surface area contributed by atoms with Crippen molar-refractivity contribution in [2.45, 2.75) is 43.9 Å². The second-order valence-corrected chi connectivity index (χ2v) is 14.6. The first-order valence-electron chi connectivity index (χ1n) is 13.3. The smallest absolute Gasteiger partial charge is 0.132 e. The van der Waals surface area contributed by atoms with Gasteiger partial charge in [-0.25, -0.2) is 17.6 Å². The van der Waals surface area contributed by atoms with Gasteiger partial charge >= 0.3 is 0 Å². The molecule has 0 aromatic heterocycles. The Morgan fingerprint density at radius 2 is 1.15 bits per heavy atom. The largest absolute Gasteiger partial charge is 0.251 e. The number of benzene rings is 4. The van der Waals surface area contributed by atoms with Crippen molar-refractivity contribution in [2.24, 2.45) is 0 Å². The standard InChI is InChI=1S/C32H31F4NP2/c1-2-3-20-37(39(31-21-25(33)14-16-27(31)35)32-22-26(34)15-17-28(32)36)38-29(23-10-6-4-7-11-23)18-19-30(38)24-12-8-5-9-13-24/h4-17,21-22,29-30H,2-3,18-20H2,1H3/t29-,30?,38?/m0/s1. The van der Waals surface area contributed by atoms with E-state index in [1.54, 1.807) is 0 Å². The van der Waals surface area contributed by atoms with E-state index in [0.29, 0.717) is 6.54 Å². The minimum absolute atomic E-state index is 0.0960. The lowest BCUT2D eigenvalue weighted by Crippen LogP contribution is -2.31. The zero-order valence-electron chi connectivity index (χ0n) is 21.8. The van der Waals surface area contributed by atoms with Gasteiger partial charge in [0.05, 0.1) is 0 Å². The summed E-state index contributed by atoms with van der Waals surface area (Å²) >= 11 is 0. The predicted molar refractivity (Wildman–Crippen MR) is 155 cm³/mol. The van der Waals surface area contributed by atoms with Gasteiger partial charge < -0.3 is 0 Å². The van der Waals surface area contributed by atoms with Gasteiger partial charge in [0.2, 0.25) is 0 Å². The summed E-state index contributed by atoms with van der Waals surface area (Å²) < 4.78 is 62.7. The molecule has 202 valence electrons. The molecule has 0 spiro atoms. The minimum Gasteiger partial charge on any atom is -0.251 e. The third-order valence-corrected chi connectivity index (χ3v) is 13.7. The summed E-state index contributed by atoms with van der Waals surface area (Å²) in [6.45, 7) is 2.66. The molecule has 0 amide bonds. The average molecular weight is 568 g/mol. The third kappa shape index (κ3) is 6.12. The minimum atomic E-state index is -1.91. The zero-order chi connectivity index (χ0) is 27.4. The van der Waals surface area contributed by atoms with Crippen LogP contribution >= 0.6 is 16.1 Å². The molecule has 1 aliphatic rings. The molecule has 0 aliphatic carbocycles. The summed E-state index contributed by atoms with van der Waals surface area (Å²) in [5.41, 5.74) is 2.69. The molecule has 1 fully saturated rings. The van der Waals surface area contributed by atoms with Crippen molar-refractivity contribution in [2.75, 3.05) is 6.54 Å². The summed E-state index contributed by atoms with van der Waals surface area (Å²) in [5.74, 6) is -2.39. The summed E-state index contributed by atoms with van der Waals surface area (Å²) in [5, 5.41) is 0.192. The summed E-state index contributed by atoms with van der Waals surface area (Å²) in [7, 11) is -2.96. The maximum atomic E-state index is 15.6. The Labute approximate surface area is 230 Å². The van der Waals surface area contributed by atoms with E-state index in [1.165, 1.54) is 23.3 Å². The van der Waals surface area contributed by atoms with Crippen LogP contribution in [0, 0.1) is 23.3 Å². The highest BCUT2D eigenvalue weighted by molar-refractivity contribution is 7.79. The summed E-state index contributed by atoms with van der Waals surface area (Å²) in [6.07, 6.45) is 3.54. The highest BCUT2D eigenvalue weighted by Crippen LogP contribution is 2.76. The number of rotatable bonds is 9. The summed E-state index contributed by atoms with van der Waals surface area (Å²) in [4.78, 5) is 0. The molecule has 0 N–H and O–H groups in total. The molecule has 39 heavy (non-hydrogen) atoms. The SMILES string of the molecule is CCCCN(P(c1cc(F)ccc1F)c1cc(F)ccc1F)P1C(c2ccccc2)CC[C@H]1c1ccccc1. The Balaban J connectivity index is 1.74. The first-order valence-corrected chi connectivity index (χ1v) is 16.1. The fourth-order valence-electron chi connectivity index (χ4n) is 5.40. The van der Waals surface area contributed by atoms with Crippen molar-refractivity contribution in [1.82, 2.24) is 4.44 Å². The molecule has 1 aliphatic heterocycles. The van der Waals surface area contributed by atoms with E-state index in [1.807, 2.05) is 36.4 Å². The van der Waals surface area contributed by atoms with Gasteiger partial charge in [0.1, 0.15) is 23.3 Å². The zero-order valence-corrected chi connectivity index (χ0v) is 23.6. The molecule has 0 radical (unpaired) electrons. The molecular weight excluding hydrogens is 536 g/mol. The highest BCUT2D eigenvalue weighted by Gasteiger charge is 2.45. The third-order valence-electron chi connectivity index (χ3n) is 7.20. The molecule has 1 heterocycles. The van der Waals surface area contributed by atoms with E-state index in [2.05, 4.69) is 35.6 Å². The number of nitrogens with zero attached hydrogens (tertiary/aromatic N) is 1. The maximum absolute atomic E-state index is 15.6. The monoisotopic (exact) mass is 567 g/mol. The van der Waals surface area contributed by atoms with Crippen LogP contribution in [0.25, 0.3) is 0 Å². The van der Waals surface area contributed by atoms with Crippen LogP contribution in [0.5, 0.6) is 0 Å². The fraction of sp³-hybridized carbons (Fsp3) is 0.250. The topological polar surface area (TPSA) is 3.24 Å². The van der Waals surface area contributed by atoms with Crippen LogP contribution in [0.15, 0.2) is 97.1 Å². The van der Waals surface area contributed by atoms with Crippen LogP contribution in [-0.2, 0) is 0 Å². The van der Waals surface area contributed by atoms with Gasteiger partial charge in [-0.1, -0.05) is 74.0 Å². The van der Waals surface area contributed by atoms with E-state index in [0.717, 1.165) is 49.9 Å². The molecule has 7 heteroatoms. The molecule has 1 saturated heterocycles. The van der Waals surface area contributed by atoms with Gasteiger partial charge in [-0.05, 0) is 74.9 Å². The lowest BCUT2D eigenvalue weighted by Gasteiger charge is -2.42. The number of hydrogen-bond acceptors (Lipinski definition) is 1. The van der Waals surface area contributed by atoms with Crippen LogP contribution in [0.2, 0.25) is 0 Å². The van der Waals surface area contributed by atoms with Crippen molar-refractivity contribution >= 4 is 26.8 Å². The summed E-state index contributed by atoms with van der Waals surface area (Å²) in [6, 6.07) is 27.3. The fourth-order valence-corrected chi connectivity index (χ4v) is 12.9. The van der Waals surface area contributed by atoms with Crippen molar-refractivity contribution in [3.63, 3.8) is 0 Å². The van der Waals surface area contributed by atoms with Gasteiger partial charge in [0, 0.05) is 36.5 Å². The van der Waals surface area contributed by atoms with Crippen LogP contribution in [0.1, 0.15) is 55.1 Å². The number of hydrogen-bond donors (Lipinski definition) is 0. The average Bonchev–Trinajstić information content (AvgIpc) is 3.40. The van der Waals surface area contributed by atoms with Crippen molar-refractivity contribution in [3.05, 3.63) is 131 Å². The lowest BCUT2D eigenvalue weighted by molar-refractivity contribution is 0.598. The highest BCUT2D eigenvalue weighted by atomic mass is 31.2. The van der Waals surface area contributed by atoms with E-state index in [4.69, 9.17) is 0 Å². The number of unbranched alkanes of at least 4 members (excludes halogenated alkanes) is 1. The van der Waals surface area contributed by atoms with Gasteiger partial charge in [-0.2, -0.15) is 0 Å². The van der Waals surface area contributed by atoms with Gasteiger partial charge in [0.15, 0.2) is 0 Å². The normalized spacial score (nSPS) is 19.2. The number of halogens is 4. The Kier molecular flexibility index (Phi) is 9.13. The first-order chi connectivity index (χ1) is 19.0. The second-order valence-electron chi connectivity index (χ2n) is 9.76. The quantitative estimate of drug-likeness (QED) is 0.144.